The lowest BCUT2D eigenvalue weighted by atomic mass is 10.2. The summed E-state index contributed by atoms with van der Waals surface area (Å²) in [6.07, 6.45) is 0.671. The Morgan fingerprint density at radius 3 is 2.29 bits per heavy atom. The molecule has 1 aromatic heterocycles. The number of rotatable bonds is 5. The zero-order valence-electron chi connectivity index (χ0n) is 12.5. The summed E-state index contributed by atoms with van der Waals surface area (Å²) in [6, 6.07) is 15.0. The number of nitrogens with one attached hydrogen (secondary N) is 1. The van der Waals surface area contributed by atoms with Gasteiger partial charge in [-0.25, -0.2) is 0 Å². The smallest absolute Gasteiger partial charge is 0.227 e. The first-order valence-corrected chi connectivity index (χ1v) is 8.83. The van der Waals surface area contributed by atoms with Crippen LogP contribution in [0.2, 0.25) is 0 Å². The Morgan fingerprint density at radius 1 is 1.00 bits per heavy atom. The predicted molar refractivity (Wildman–Crippen MR) is 98.5 cm³/mol. The minimum atomic E-state index is -0.0966. The molecular formula is C17H13Br2N3O2. The van der Waals surface area contributed by atoms with E-state index in [1.165, 1.54) is 0 Å². The molecule has 1 N–H and O–H groups in total. The van der Waals surface area contributed by atoms with Crippen LogP contribution in [0, 0.1) is 0 Å². The molecule has 0 spiro atoms. The number of aryl methyl sites for hydroxylation is 1. The monoisotopic (exact) mass is 449 g/mol. The van der Waals surface area contributed by atoms with Crippen LogP contribution in [0.5, 0.6) is 0 Å². The third-order valence-electron chi connectivity index (χ3n) is 3.26. The summed E-state index contributed by atoms with van der Waals surface area (Å²) in [5.74, 6) is 0.866. The number of nitrogens with zero attached hydrogens (tertiary/aromatic N) is 2. The molecule has 1 amide bonds. The Kier molecular flexibility index (Phi) is 5.42. The molecule has 0 aliphatic rings. The van der Waals surface area contributed by atoms with E-state index in [2.05, 4.69) is 47.3 Å². The third-order valence-corrected chi connectivity index (χ3v) is 4.32. The number of carbonyl (C=O) groups is 1. The molecule has 0 fully saturated rings. The van der Waals surface area contributed by atoms with Crippen LogP contribution in [0.3, 0.4) is 0 Å². The van der Waals surface area contributed by atoms with Crippen LogP contribution in [-0.4, -0.2) is 16.0 Å². The Bertz CT molecular complexity index is 830. The summed E-state index contributed by atoms with van der Waals surface area (Å²) in [5.41, 5.74) is 1.62. The maximum absolute atomic E-state index is 12.0. The summed E-state index contributed by atoms with van der Waals surface area (Å²) in [7, 11) is 0. The summed E-state index contributed by atoms with van der Waals surface area (Å²) in [6.45, 7) is 0. The van der Waals surface area contributed by atoms with Gasteiger partial charge in [0.1, 0.15) is 0 Å². The number of carbonyl (C=O) groups excluding carboxylic acids is 1. The molecule has 0 saturated heterocycles. The van der Waals surface area contributed by atoms with Gasteiger partial charge in [0.15, 0.2) is 0 Å². The van der Waals surface area contributed by atoms with Gasteiger partial charge in [-0.3, -0.25) is 4.79 Å². The van der Waals surface area contributed by atoms with Gasteiger partial charge >= 0.3 is 0 Å². The van der Waals surface area contributed by atoms with E-state index in [0.29, 0.717) is 18.1 Å². The highest BCUT2D eigenvalue weighted by Crippen LogP contribution is 2.19. The van der Waals surface area contributed by atoms with Gasteiger partial charge in [-0.05, 0) is 48.5 Å². The fourth-order valence-corrected chi connectivity index (χ4v) is 2.58. The van der Waals surface area contributed by atoms with E-state index in [-0.39, 0.29) is 12.3 Å². The van der Waals surface area contributed by atoms with Gasteiger partial charge in [0, 0.05) is 33.0 Å². The molecule has 7 heteroatoms. The van der Waals surface area contributed by atoms with Crippen LogP contribution in [0.1, 0.15) is 12.3 Å². The number of amides is 1. The Morgan fingerprint density at radius 2 is 1.62 bits per heavy atom. The van der Waals surface area contributed by atoms with Gasteiger partial charge < -0.3 is 9.84 Å². The van der Waals surface area contributed by atoms with Crippen molar-refractivity contribution < 1.29 is 9.32 Å². The summed E-state index contributed by atoms with van der Waals surface area (Å²) in [5, 5.41) is 6.78. The van der Waals surface area contributed by atoms with Crippen LogP contribution in [0.25, 0.3) is 11.4 Å². The lowest BCUT2D eigenvalue weighted by Crippen LogP contribution is -2.12. The van der Waals surface area contributed by atoms with E-state index in [1.54, 1.807) is 0 Å². The lowest BCUT2D eigenvalue weighted by molar-refractivity contribution is -0.116. The minimum Gasteiger partial charge on any atom is -0.339 e. The van der Waals surface area contributed by atoms with Crippen molar-refractivity contribution in [3.05, 3.63) is 63.4 Å². The first-order chi connectivity index (χ1) is 11.6. The van der Waals surface area contributed by atoms with E-state index >= 15 is 0 Å². The lowest BCUT2D eigenvalue weighted by Gasteiger charge is -2.03. The van der Waals surface area contributed by atoms with E-state index in [4.69, 9.17) is 4.52 Å². The van der Waals surface area contributed by atoms with Crippen molar-refractivity contribution in [1.82, 2.24) is 10.1 Å². The van der Waals surface area contributed by atoms with Crippen molar-refractivity contribution in [2.45, 2.75) is 12.8 Å². The second kappa shape index (κ2) is 7.72. The number of benzene rings is 2. The molecule has 5 nitrogen and oxygen atoms in total. The maximum Gasteiger partial charge on any atom is 0.227 e. The quantitative estimate of drug-likeness (QED) is 0.604. The third kappa shape index (κ3) is 4.52. The molecular weight excluding hydrogens is 438 g/mol. The molecule has 2 aromatic carbocycles. The Balaban J connectivity index is 1.56. The molecule has 0 saturated carbocycles. The zero-order chi connectivity index (χ0) is 16.9. The highest BCUT2D eigenvalue weighted by molar-refractivity contribution is 9.10. The topological polar surface area (TPSA) is 68.0 Å². The normalized spacial score (nSPS) is 10.6. The molecule has 0 aliphatic carbocycles. The van der Waals surface area contributed by atoms with Crippen molar-refractivity contribution in [2.24, 2.45) is 0 Å². The predicted octanol–water partition coefficient (Wildman–Crippen LogP) is 4.83. The van der Waals surface area contributed by atoms with E-state index in [0.717, 1.165) is 20.2 Å². The first kappa shape index (κ1) is 16.9. The van der Waals surface area contributed by atoms with Crippen LogP contribution in [-0.2, 0) is 11.2 Å². The second-order valence-corrected chi connectivity index (χ2v) is 6.91. The standard InChI is InChI=1S/C17H13Br2N3O2/c18-12-3-1-11(2-4-12)17-21-16(24-22-17)10-9-15(23)20-14-7-5-13(19)6-8-14/h1-8H,9-10H2,(H,20,23). The van der Waals surface area contributed by atoms with E-state index in [1.807, 2.05) is 48.5 Å². The van der Waals surface area contributed by atoms with Crippen molar-refractivity contribution >= 4 is 43.5 Å². The molecule has 24 heavy (non-hydrogen) atoms. The van der Waals surface area contributed by atoms with Crippen molar-refractivity contribution in [3.63, 3.8) is 0 Å². The van der Waals surface area contributed by atoms with Gasteiger partial charge in [0.25, 0.3) is 0 Å². The Hall–Kier alpha value is -1.99. The molecule has 0 aliphatic heterocycles. The van der Waals surface area contributed by atoms with Gasteiger partial charge in [0.2, 0.25) is 17.6 Å². The average molecular weight is 451 g/mol. The van der Waals surface area contributed by atoms with Gasteiger partial charge in [-0.15, -0.1) is 0 Å². The molecule has 3 rings (SSSR count). The molecule has 0 atom stereocenters. The van der Waals surface area contributed by atoms with Crippen LogP contribution >= 0.6 is 31.9 Å². The molecule has 1 heterocycles. The van der Waals surface area contributed by atoms with Crippen molar-refractivity contribution in [3.8, 4) is 11.4 Å². The largest absolute Gasteiger partial charge is 0.339 e. The Labute approximate surface area is 155 Å². The van der Waals surface area contributed by atoms with Crippen LogP contribution in [0.4, 0.5) is 5.69 Å². The highest BCUT2D eigenvalue weighted by Gasteiger charge is 2.11. The van der Waals surface area contributed by atoms with E-state index < -0.39 is 0 Å². The van der Waals surface area contributed by atoms with Gasteiger partial charge in [-0.1, -0.05) is 37.0 Å². The summed E-state index contributed by atoms with van der Waals surface area (Å²) >= 11 is 6.74. The van der Waals surface area contributed by atoms with Crippen molar-refractivity contribution in [1.29, 1.82) is 0 Å². The first-order valence-electron chi connectivity index (χ1n) is 7.24. The SMILES string of the molecule is O=C(CCc1nc(-c2ccc(Br)cc2)no1)Nc1ccc(Br)cc1. The number of hydrogen-bond donors (Lipinski definition) is 1. The highest BCUT2D eigenvalue weighted by atomic mass is 79.9. The molecule has 0 bridgehead atoms. The molecule has 3 aromatic rings. The molecule has 0 radical (unpaired) electrons. The van der Waals surface area contributed by atoms with Crippen LogP contribution in [0.15, 0.2) is 62.0 Å². The zero-order valence-corrected chi connectivity index (χ0v) is 15.7. The number of halogens is 2. The molecule has 0 unspecified atom stereocenters. The molecule has 122 valence electrons. The number of hydrogen-bond acceptors (Lipinski definition) is 4. The second-order valence-electron chi connectivity index (χ2n) is 5.07. The number of aromatic nitrogens is 2. The average Bonchev–Trinajstić information content (AvgIpc) is 3.05. The number of anilines is 1. The summed E-state index contributed by atoms with van der Waals surface area (Å²) < 4.78 is 7.16. The van der Waals surface area contributed by atoms with Crippen molar-refractivity contribution in [2.75, 3.05) is 5.32 Å². The van der Waals surface area contributed by atoms with Crippen LogP contribution < -0.4 is 5.32 Å². The fraction of sp³-hybridized carbons (Fsp3) is 0.118. The maximum atomic E-state index is 12.0. The van der Waals surface area contributed by atoms with Gasteiger partial charge in [-0.2, -0.15) is 4.98 Å². The fourth-order valence-electron chi connectivity index (χ4n) is 2.05. The van der Waals surface area contributed by atoms with Gasteiger partial charge in [0.05, 0.1) is 0 Å². The van der Waals surface area contributed by atoms with E-state index in [9.17, 15) is 4.79 Å². The summed E-state index contributed by atoms with van der Waals surface area (Å²) in [4.78, 5) is 16.3. The minimum absolute atomic E-state index is 0.0966.